The van der Waals surface area contributed by atoms with Gasteiger partial charge in [0.25, 0.3) is 0 Å². The Kier molecular flexibility index (Phi) is 7.05. The van der Waals surface area contributed by atoms with Crippen LogP contribution in [0.2, 0.25) is 0 Å². The van der Waals surface area contributed by atoms with Crippen molar-refractivity contribution < 1.29 is 9.90 Å². The zero-order valence-electron chi connectivity index (χ0n) is 11.6. The number of hydrogen-bond donors (Lipinski definition) is 3. The van der Waals surface area contributed by atoms with Crippen LogP contribution >= 0.6 is 0 Å². The van der Waals surface area contributed by atoms with Gasteiger partial charge in [-0.1, -0.05) is 13.8 Å². The number of likely N-dealkylation sites (tertiary alicyclic amines) is 1. The quantitative estimate of drug-likeness (QED) is 0.659. The summed E-state index contributed by atoms with van der Waals surface area (Å²) in [5.74, 6) is 0.840. The van der Waals surface area contributed by atoms with Crippen molar-refractivity contribution in [2.24, 2.45) is 5.92 Å². The second kappa shape index (κ2) is 8.32. The summed E-state index contributed by atoms with van der Waals surface area (Å²) in [7, 11) is 0. The first-order valence-electron chi connectivity index (χ1n) is 7.03. The number of nitrogens with one attached hydrogen (secondary N) is 2. The third kappa shape index (κ3) is 5.69. The molecule has 106 valence electrons. The van der Waals surface area contributed by atoms with Gasteiger partial charge in [-0.2, -0.15) is 0 Å². The molecule has 0 aromatic heterocycles. The van der Waals surface area contributed by atoms with Crippen molar-refractivity contribution in [2.45, 2.75) is 39.2 Å². The first-order chi connectivity index (χ1) is 8.65. The van der Waals surface area contributed by atoms with E-state index < -0.39 is 0 Å². The maximum Gasteiger partial charge on any atom is 0.315 e. The molecule has 0 aliphatic carbocycles. The Morgan fingerprint density at radius 1 is 1.44 bits per heavy atom. The van der Waals surface area contributed by atoms with Crippen molar-refractivity contribution in [2.75, 3.05) is 32.8 Å². The minimum absolute atomic E-state index is 0.00602. The third-order valence-corrected chi connectivity index (χ3v) is 3.64. The van der Waals surface area contributed by atoms with Crippen LogP contribution < -0.4 is 10.6 Å². The number of urea groups is 1. The minimum atomic E-state index is -0.179. The van der Waals surface area contributed by atoms with Gasteiger partial charge in [0.05, 0.1) is 12.6 Å². The molecular weight excluding hydrogens is 230 g/mol. The van der Waals surface area contributed by atoms with Crippen LogP contribution in [0.4, 0.5) is 4.79 Å². The monoisotopic (exact) mass is 257 g/mol. The van der Waals surface area contributed by atoms with Crippen LogP contribution in [0.3, 0.4) is 0 Å². The van der Waals surface area contributed by atoms with Crippen LogP contribution in [0.5, 0.6) is 0 Å². The van der Waals surface area contributed by atoms with Gasteiger partial charge in [0, 0.05) is 13.1 Å². The average Bonchev–Trinajstić information content (AvgIpc) is 2.38. The summed E-state index contributed by atoms with van der Waals surface area (Å²) in [6.45, 7) is 8.09. The molecule has 1 rings (SSSR count). The molecule has 0 bridgehead atoms. The fourth-order valence-electron chi connectivity index (χ4n) is 2.13. The van der Waals surface area contributed by atoms with Crippen LogP contribution in [0.25, 0.3) is 0 Å². The van der Waals surface area contributed by atoms with E-state index in [1.807, 2.05) is 6.92 Å². The molecule has 2 amide bonds. The maximum absolute atomic E-state index is 11.5. The van der Waals surface area contributed by atoms with Gasteiger partial charge >= 0.3 is 6.03 Å². The number of hydrogen-bond acceptors (Lipinski definition) is 3. The zero-order chi connectivity index (χ0) is 13.4. The Morgan fingerprint density at radius 3 is 2.67 bits per heavy atom. The molecule has 1 heterocycles. The van der Waals surface area contributed by atoms with Crippen molar-refractivity contribution in [3.05, 3.63) is 0 Å². The largest absolute Gasteiger partial charge is 0.394 e. The van der Waals surface area contributed by atoms with Gasteiger partial charge < -0.3 is 20.6 Å². The minimum Gasteiger partial charge on any atom is -0.394 e. The predicted octanol–water partition coefficient (Wildman–Crippen LogP) is 0.788. The normalized spacial score (nSPS) is 19.5. The van der Waals surface area contributed by atoms with E-state index in [0.29, 0.717) is 6.54 Å². The summed E-state index contributed by atoms with van der Waals surface area (Å²) in [6, 6.07) is -0.317. The van der Waals surface area contributed by atoms with Crippen LogP contribution in [0, 0.1) is 5.92 Å². The molecule has 5 nitrogen and oxygen atoms in total. The van der Waals surface area contributed by atoms with Gasteiger partial charge in [-0.3, -0.25) is 0 Å². The number of nitrogens with zero attached hydrogens (tertiary/aromatic N) is 1. The van der Waals surface area contributed by atoms with Crippen molar-refractivity contribution in [1.29, 1.82) is 0 Å². The second-order valence-corrected chi connectivity index (χ2v) is 5.21. The lowest BCUT2D eigenvalue weighted by molar-refractivity contribution is 0.189. The van der Waals surface area contributed by atoms with Gasteiger partial charge in [0.1, 0.15) is 0 Å². The molecule has 1 atom stereocenters. The van der Waals surface area contributed by atoms with Crippen LogP contribution in [0.15, 0.2) is 0 Å². The summed E-state index contributed by atoms with van der Waals surface area (Å²) in [5.41, 5.74) is 0. The Bertz CT molecular complexity index is 236. The number of aliphatic hydroxyl groups is 1. The van der Waals surface area contributed by atoms with Gasteiger partial charge in [-0.05, 0) is 38.3 Å². The highest BCUT2D eigenvalue weighted by atomic mass is 16.3. The molecule has 1 fully saturated rings. The molecule has 0 saturated carbocycles. The molecule has 18 heavy (non-hydrogen) atoms. The SMILES string of the molecule is CCC(CO)NC(=O)NCCN1CCC(C)CC1. The van der Waals surface area contributed by atoms with E-state index in [9.17, 15) is 4.79 Å². The Labute approximate surface area is 110 Å². The van der Waals surface area contributed by atoms with Crippen LogP contribution in [-0.2, 0) is 0 Å². The van der Waals surface area contributed by atoms with E-state index in [4.69, 9.17) is 5.11 Å². The van der Waals surface area contributed by atoms with Crippen molar-refractivity contribution in [3.8, 4) is 0 Å². The zero-order valence-corrected chi connectivity index (χ0v) is 11.6. The number of rotatable bonds is 6. The molecular formula is C13H27N3O2. The van der Waals surface area contributed by atoms with E-state index in [0.717, 1.165) is 32.0 Å². The van der Waals surface area contributed by atoms with Gasteiger partial charge in [-0.15, -0.1) is 0 Å². The first-order valence-corrected chi connectivity index (χ1v) is 7.03. The predicted molar refractivity (Wildman–Crippen MR) is 72.5 cm³/mol. The Balaban J connectivity index is 2.08. The molecule has 0 aromatic carbocycles. The number of carbonyl (C=O) groups excluding carboxylic acids is 1. The molecule has 0 spiro atoms. The van der Waals surface area contributed by atoms with E-state index in [1.165, 1.54) is 12.8 Å². The summed E-state index contributed by atoms with van der Waals surface area (Å²) in [6.07, 6.45) is 3.26. The summed E-state index contributed by atoms with van der Waals surface area (Å²) in [4.78, 5) is 13.9. The third-order valence-electron chi connectivity index (χ3n) is 3.64. The fourth-order valence-corrected chi connectivity index (χ4v) is 2.13. The molecule has 3 N–H and O–H groups in total. The molecule has 1 unspecified atom stereocenters. The van der Waals surface area contributed by atoms with E-state index in [1.54, 1.807) is 0 Å². The van der Waals surface area contributed by atoms with Gasteiger partial charge in [-0.25, -0.2) is 4.79 Å². The van der Waals surface area contributed by atoms with Crippen molar-refractivity contribution in [3.63, 3.8) is 0 Å². The highest BCUT2D eigenvalue weighted by Gasteiger charge is 2.15. The molecule has 0 radical (unpaired) electrons. The summed E-state index contributed by atoms with van der Waals surface area (Å²) >= 11 is 0. The number of piperidine rings is 1. The van der Waals surface area contributed by atoms with E-state index >= 15 is 0 Å². The molecule has 1 aliphatic rings. The number of aliphatic hydroxyl groups excluding tert-OH is 1. The lowest BCUT2D eigenvalue weighted by Crippen LogP contribution is -2.46. The molecule has 0 aromatic rings. The Morgan fingerprint density at radius 2 is 2.11 bits per heavy atom. The van der Waals surface area contributed by atoms with E-state index in [-0.39, 0.29) is 18.7 Å². The average molecular weight is 257 g/mol. The molecule has 5 heteroatoms. The first kappa shape index (κ1) is 15.2. The molecule has 1 saturated heterocycles. The highest BCUT2D eigenvalue weighted by Crippen LogP contribution is 2.14. The maximum atomic E-state index is 11.5. The lowest BCUT2D eigenvalue weighted by atomic mass is 9.99. The fraction of sp³-hybridized carbons (Fsp3) is 0.923. The molecule has 1 aliphatic heterocycles. The smallest absolute Gasteiger partial charge is 0.315 e. The van der Waals surface area contributed by atoms with Gasteiger partial charge in [0.2, 0.25) is 0 Å². The lowest BCUT2D eigenvalue weighted by Gasteiger charge is -2.30. The topological polar surface area (TPSA) is 64.6 Å². The summed E-state index contributed by atoms with van der Waals surface area (Å²) < 4.78 is 0. The Hall–Kier alpha value is -0.810. The number of amides is 2. The van der Waals surface area contributed by atoms with Gasteiger partial charge in [0.15, 0.2) is 0 Å². The van der Waals surface area contributed by atoms with Crippen molar-refractivity contribution in [1.82, 2.24) is 15.5 Å². The van der Waals surface area contributed by atoms with Crippen molar-refractivity contribution >= 4 is 6.03 Å². The standard InChI is InChI=1S/C13H27N3O2/c1-3-12(10-17)15-13(18)14-6-9-16-7-4-11(2)5-8-16/h11-12,17H,3-10H2,1-2H3,(H2,14,15,18). The van der Waals surface area contributed by atoms with Crippen LogP contribution in [-0.4, -0.2) is 54.9 Å². The van der Waals surface area contributed by atoms with Crippen LogP contribution in [0.1, 0.15) is 33.1 Å². The summed E-state index contributed by atoms with van der Waals surface area (Å²) in [5, 5.41) is 14.6. The second-order valence-electron chi connectivity index (χ2n) is 5.21. The number of carbonyl (C=O) groups is 1. The highest BCUT2D eigenvalue weighted by molar-refractivity contribution is 5.74. The van der Waals surface area contributed by atoms with E-state index in [2.05, 4.69) is 22.5 Å².